The van der Waals surface area contributed by atoms with Gasteiger partial charge in [0.2, 0.25) is 0 Å². The van der Waals surface area contributed by atoms with E-state index >= 15 is 0 Å². The third kappa shape index (κ3) is 8.08. The first-order valence-electron chi connectivity index (χ1n) is 10.9. The number of benzene rings is 3. The van der Waals surface area contributed by atoms with Gasteiger partial charge in [0.15, 0.2) is 0 Å². The number of hydrazone groups is 1. The quantitative estimate of drug-likeness (QED) is 0.200. The largest absolute Gasteiger partial charge is 0.494 e. The Balaban J connectivity index is 1.43. The van der Waals surface area contributed by atoms with E-state index in [1.807, 2.05) is 6.92 Å². The van der Waals surface area contributed by atoms with E-state index in [-0.39, 0.29) is 12.1 Å². The molecule has 0 aromatic heterocycles. The van der Waals surface area contributed by atoms with Gasteiger partial charge in [-0.2, -0.15) is 5.10 Å². The highest BCUT2D eigenvalue weighted by Crippen LogP contribution is 2.16. The summed E-state index contributed by atoms with van der Waals surface area (Å²) in [5, 5.41) is 6.24. The molecular weight excluding hydrogens is 453 g/mol. The lowest BCUT2D eigenvalue weighted by Gasteiger charge is -2.07. The van der Waals surface area contributed by atoms with Gasteiger partial charge in [-0.1, -0.05) is 6.92 Å². The monoisotopic (exact) mass is 477 g/mol. The van der Waals surface area contributed by atoms with Crippen molar-refractivity contribution >= 4 is 24.0 Å². The highest BCUT2D eigenvalue weighted by atomic mass is 19.1. The van der Waals surface area contributed by atoms with Crippen LogP contribution >= 0.6 is 0 Å². The maximum Gasteiger partial charge on any atom is 0.343 e. The number of rotatable bonds is 10. The average Bonchev–Trinajstić information content (AvgIpc) is 2.87. The van der Waals surface area contributed by atoms with Crippen LogP contribution in [0.1, 0.15) is 39.6 Å². The molecular formula is C26H24FN3O5. The lowest BCUT2D eigenvalue weighted by Crippen LogP contribution is -2.34. The number of nitrogens with zero attached hydrogens (tertiary/aromatic N) is 1. The van der Waals surface area contributed by atoms with E-state index in [0.717, 1.165) is 18.6 Å². The first-order chi connectivity index (χ1) is 16.9. The number of esters is 1. The molecule has 0 aliphatic heterocycles. The van der Waals surface area contributed by atoms with Gasteiger partial charge in [0, 0.05) is 5.56 Å². The highest BCUT2D eigenvalue weighted by molar-refractivity contribution is 5.96. The Hall–Kier alpha value is -4.53. The molecule has 8 nitrogen and oxygen atoms in total. The number of ether oxygens (including phenoxy) is 2. The van der Waals surface area contributed by atoms with Crippen LogP contribution in [0.3, 0.4) is 0 Å². The molecule has 9 heteroatoms. The van der Waals surface area contributed by atoms with Gasteiger partial charge in [-0.25, -0.2) is 14.6 Å². The number of nitrogens with one attached hydrogen (secondary N) is 2. The van der Waals surface area contributed by atoms with Gasteiger partial charge >= 0.3 is 5.97 Å². The summed E-state index contributed by atoms with van der Waals surface area (Å²) in [4.78, 5) is 36.1. The molecule has 0 aliphatic rings. The minimum atomic E-state index is -0.534. The van der Waals surface area contributed by atoms with Crippen LogP contribution in [-0.4, -0.2) is 37.1 Å². The van der Waals surface area contributed by atoms with Crippen LogP contribution in [0.25, 0.3) is 0 Å². The van der Waals surface area contributed by atoms with Gasteiger partial charge in [-0.05, 0) is 84.8 Å². The molecule has 0 bridgehead atoms. The van der Waals surface area contributed by atoms with Crippen LogP contribution < -0.4 is 20.2 Å². The average molecular weight is 477 g/mol. The van der Waals surface area contributed by atoms with Gasteiger partial charge in [-0.3, -0.25) is 9.59 Å². The van der Waals surface area contributed by atoms with Crippen molar-refractivity contribution in [2.24, 2.45) is 5.10 Å². The Bertz CT molecular complexity index is 1180. The smallest absolute Gasteiger partial charge is 0.343 e. The lowest BCUT2D eigenvalue weighted by molar-refractivity contribution is -0.120. The van der Waals surface area contributed by atoms with E-state index in [1.54, 1.807) is 48.5 Å². The Morgan fingerprint density at radius 1 is 0.886 bits per heavy atom. The summed E-state index contributed by atoms with van der Waals surface area (Å²) < 4.78 is 23.8. The summed E-state index contributed by atoms with van der Waals surface area (Å²) >= 11 is 0. The zero-order valence-corrected chi connectivity index (χ0v) is 19.0. The van der Waals surface area contributed by atoms with Crippen molar-refractivity contribution in [1.29, 1.82) is 0 Å². The molecule has 0 radical (unpaired) electrons. The fraction of sp³-hybridized carbons (Fsp3) is 0.154. The zero-order chi connectivity index (χ0) is 25.0. The van der Waals surface area contributed by atoms with Gasteiger partial charge in [0.05, 0.1) is 24.9 Å². The van der Waals surface area contributed by atoms with Gasteiger partial charge in [-0.15, -0.1) is 0 Å². The molecule has 0 fully saturated rings. The molecule has 0 saturated carbocycles. The Morgan fingerprint density at radius 2 is 1.51 bits per heavy atom. The normalized spacial score (nSPS) is 10.6. The Labute approximate surface area is 201 Å². The van der Waals surface area contributed by atoms with Crippen molar-refractivity contribution < 1.29 is 28.2 Å². The molecule has 0 aliphatic carbocycles. The van der Waals surface area contributed by atoms with Crippen molar-refractivity contribution in [1.82, 2.24) is 10.7 Å². The minimum absolute atomic E-state index is 0.237. The highest BCUT2D eigenvalue weighted by Gasteiger charge is 2.09. The third-order valence-electron chi connectivity index (χ3n) is 4.57. The molecule has 2 amide bonds. The molecule has 3 aromatic rings. The van der Waals surface area contributed by atoms with E-state index in [4.69, 9.17) is 9.47 Å². The molecule has 35 heavy (non-hydrogen) atoms. The van der Waals surface area contributed by atoms with Crippen LogP contribution in [0.5, 0.6) is 11.5 Å². The summed E-state index contributed by atoms with van der Waals surface area (Å²) in [7, 11) is 0. The SMILES string of the molecule is CCCOc1ccc(C(=O)Oc2ccc(/C=N\NC(=O)CNC(=O)c3ccc(F)cc3)cc2)cc1. The first-order valence-corrected chi connectivity index (χ1v) is 10.9. The van der Waals surface area contributed by atoms with Crippen LogP contribution in [0, 0.1) is 5.82 Å². The molecule has 0 heterocycles. The van der Waals surface area contributed by atoms with Crippen molar-refractivity contribution in [2.45, 2.75) is 13.3 Å². The van der Waals surface area contributed by atoms with E-state index in [1.165, 1.54) is 18.3 Å². The van der Waals surface area contributed by atoms with Gasteiger partial charge < -0.3 is 14.8 Å². The van der Waals surface area contributed by atoms with Crippen molar-refractivity contribution in [2.75, 3.05) is 13.2 Å². The standard InChI is InChI=1S/C26H24FN3O5/c1-2-15-34-22-13-7-20(8-14-22)26(33)35-23-11-3-18(4-12-23)16-29-30-24(31)17-28-25(32)19-5-9-21(27)10-6-19/h3-14,16H,2,15,17H2,1H3,(H,28,32)(H,30,31)/b29-16-. The fourth-order valence-electron chi connectivity index (χ4n) is 2.78. The van der Waals surface area contributed by atoms with E-state index < -0.39 is 23.6 Å². The second-order valence-electron chi connectivity index (χ2n) is 7.31. The summed E-state index contributed by atoms with van der Waals surface area (Å²) in [5.41, 5.74) is 3.58. The van der Waals surface area contributed by atoms with Gasteiger partial charge in [0.25, 0.3) is 11.8 Å². The summed E-state index contributed by atoms with van der Waals surface area (Å²) in [5.74, 6) is -0.949. The Kier molecular flexibility index (Phi) is 9.07. The van der Waals surface area contributed by atoms with Gasteiger partial charge in [0.1, 0.15) is 17.3 Å². The summed E-state index contributed by atoms with van der Waals surface area (Å²) in [6, 6.07) is 18.2. The molecule has 2 N–H and O–H groups in total. The zero-order valence-electron chi connectivity index (χ0n) is 19.0. The number of amides is 2. The van der Waals surface area contributed by atoms with Crippen LogP contribution in [-0.2, 0) is 4.79 Å². The molecule has 180 valence electrons. The third-order valence-corrected chi connectivity index (χ3v) is 4.57. The summed E-state index contributed by atoms with van der Waals surface area (Å²) in [6.07, 6.45) is 2.30. The second kappa shape index (κ2) is 12.6. The predicted octanol–water partition coefficient (Wildman–Crippen LogP) is 3.71. The van der Waals surface area contributed by atoms with Crippen molar-refractivity contribution in [3.05, 3.63) is 95.3 Å². The second-order valence-corrected chi connectivity index (χ2v) is 7.31. The Morgan fingerprint density at radius 3 is 2.17 bits per heavy atom. The van der Waals surface area contributed by atoms with E-state index in [9.17, 15) is 18.8 Å². The van der Waals surface area contributed by atoms with Crippen LogP contribution in [0.4, 0.5) is 4.39 Å². The van der Waals surface area contributed by atoms with Crippen LogP contribution in [0.2, 0.25) is 0 Å². The van der Waals surface area contributed by atoms with Crippen molar-refractivity contribution in [3.8, 4) is 11.5 Å². The van der Waals surface area contributed by atoms with Crippen LogP contribution in [0.15, 0.2) is 77.9 Å². The molecule has 0 unspecified atom stereocenters. The van der Waals surface area contributed by atoms with E-state index in [2.05, 4.69) is 15.8 Å². The molecule has 0 spiro atoms. The maximum absolute atomic E-state index is 12.9. The predicted molar refractivity (Wildman–Crippen MR) is 128 cm³/mol. The number of carbonyl (C=O) groups excluding carboxylic acids is 3. The lowest BCUT2D eigenvalue weighted by atomic mass is 10.2. The number of carbonyl (C=O) groups is 3. The minimum Gasteiger partial charge on any atom is -0.494 e. The molecule has 3 rings (SSSR count). The number of hydrogen-bond acceptors (Lipinski definition) is 6. The fourth-order valence-corrected chi connectivity index (χ4v) is 2.78. The molecule has 0 atom stereocenters. The van der Waals surface area contributed by atoms with Crippen molar-refractivity contribution in [3.63, 3.8) is 0 Å². The maximum atomic E-state index is 12.9. The molecule has 3 aromatic carbocycles. The molecule has 0 saturated heterocycles. The number of hydrogen-bond donors (Lipinski definition) is 2. The topological polar surface area (TPSA) is 106 Å². The number of halogens is 1. The first kappa shape index (κ1) is 25.1. The summed E-state index contributed by atoms with van der Waals surface area (Å²) in [6.45, 7) is 2.32. The van der Waals surface area contributed by atoms with E-state index in [0.29, 0.717) is 29.2 Å².